The lowest BCUT2D eigenvalue weighted by atomic mass is 10.1. The second-order valence-electron chi connectivity index (χ2n) is 6.40. The predicted molar refractivity (Wildman–Crippen MR) is 97.0 cm³/mol. The van der Waals surface area contributed by atoms with Crippen LogP contribution in [0.4, 0.5) is 5.82 Å². The largest absolute Gasteiger partial charge is 0.308 e. The lowest BCUT2D eigenvalue weighted by molar-refractivity contribution is -0.117. The third kappa shape index (κ3) is 3.97. The molecule has 0 atom stereocenters. The maximum atomic E-state index is 12.2. The topological polar surface area (TPSA) is 50.2 Å². The van der Waals surface area contributed by atoms with Crippen molar-refractivity contribution in [3.05, 3.63) is 40.5 Å². The average Bonchev–Trinajstić information content (AvgIpc) is 2.91. The molecule has 1 aliphatic heterocycles. The lowest BCUT2D eigenvalue weighted by Crippen LogP contribution is -2.36. The van der Waals surface area contributed by atoms with E-state index >= 15 is 0 Å². The molecule has 1 N–H and O–H groups in total. The van der Waals surface area contributed by atoms with Gasteiger partial charge in [0.15, 0.2) is 5.82 Å². The summed E-state index contributed by atoms with van der Waals surface area (Å²) in [5, 5.41) is 8.10. The summed E-state index contributed by atoms with van der Waals surface area (Å²) in [7, 11) is 0. The van der Waals surface area contributed by atoms with Gasteiger partial charge in [-0.1, -0.05) is 24.1 Å². The Hall–Kier alpha value is -1.85. The first-order chi connectivity index (χ1) is 11.5. The maximum Gasteiger partial charge on any atom is 0.239 e. The van der Waals surface area contributed by atoms with Crippen LogP contribution in [0.3, 0.4) is 0 Å². The summed E-state index contributed by atoms with van der Waals surface area (Å²) in [6.45, 7) is 6.36. The van der Waals surface area contributed by atoms with Gasteiger partial charge in [0.1, 0.15) is 0 Å². The van der Waals surface area contributed by atoms with Crippen molar-refractivity contribution < 1.29 is 4.79 Å². The van der Waals surface area contributed by atoms with E-state index in [-0.39, 0.29) is 5.91 Å². The Morgan fingerprint density at radius 3 is 2.67 bits per heavy atom. The molecule has 1 amide bonds. The molecule has 128 valence electrons. The van der Waals surface area contributed by atoms with Crippen LogP contribution in [0.25, 0.3) is 5.69 Å². The molecular weight excluding hydrogens is 324 g/mol. The Balaban J connectivity index is 1.69. The van der Waals surface area contributed by atoms with E-state index in [2.05, 4.69) is 15.3 Å². The molecule has 3 rings (SSSR count). The fourth-order valence-electron chi connectivity index (χ4n) is 3.01. The van der Waals surface area contributed by atoms with Crippen molar-refractivity contribution in [3.8, 4) is 5.69 Å². The fourth-order valence-corrected chi connectivity index (χ4v) is 3.19. The molecule has 0 radical (unpaired) electrons. The Morgan fingerprint density at radius 2 is 1.96 bits per heavy atom. The van der Waals surface area contributed by atoms with Crippen LogP contribution in [0.1, 0.15) is 30.5 Å². The lowest BCUT2D eigenvalue weighted by Gasteiger charge is -2.25. The number of piperidine rings is 1. The van der Waals surface area contributed by atoms with Crippen LogP contribution in [0.5, 0.6) is 0 Å². The molecule has 1 saturated heterocycles. The van der Waals surface area contributed by atoms with Crippen molar-refractivity contribution in [1.29, 1.82) is 0 Å². The highest BCUT2D eigenvalue weighted by atomic mass is 35.5. The van der Waals surface area contributed by atoms with E-state index < -0.39 is 0 Å². The van der Waals surface area contributed by atoms with Gasteiger partial charge in [0, 0.05) is 16.8 Å². The molecule has 0 saturated carbocycles. The highest BCUT2D eigenvalue weighted by Gasteiger charge is 2.15. The Labute approximate surface area is 147 Å². The summed E-state index contributed by atoms with van der Waals surface area (Å²) in [4.78, 5) is 14.4. The highest BCUT2D eigenvalue weighted by molar-refractivity contribution is 6.31. The normalized spacial score (nSPS) is 15.5. The first kappa shape index (κ1) is 17.0. The molecule has 2 aromatic rings. The van der Waals surface area contributed by atoms with E-state index in [1.54, 1.807) is 4.68 Å². The van der Waals surface area contributed by atoms with Crippen LogP contribution in [-0.2, 0) is 4.79 Å². The molecule has 0 bridgehead atoms. The van der Waals surface area contributed by atoms with Gasteiger partial charge < -0.3 is 5.32 Å². The van der Waals surface area contributed by atoms with Crippen molar-refractivity contribution in [2.75, 3.05) is 25.0 Å². The van der Waals surface area contributed by atoms with E-state index in [4.69, 9.17) is 11.6 Å². The van der Waals surface area contributed by atoms with Crippen molar-refractivity contribution in [3.63, 3.8) is 0 Å². The van der Waals surface area contributed by atoms with Gasteiger partial charge in [-0.15, -0.1) is 5.10 Å². The molecule has 1 aliphatic rings. The molecule has 5 nitrogen and oxygen atoms in total. The van der Waals surface area contributed by atoms with Gasteiger partial charge in [-0.3, -0.25) is 9.69 Å². The van der Waals surface area contributed by atoms with Crippen LogP contribution < -0.4 is 5.32 Å². The number of rotatable bonds is 4. The van der Waals surface area contributed by atoms with Gasteiger partial charge in [0.05, 0.1) is 12.2 Å². The van der Waals surface area contributed by atoms with Gasteiger partial charge in [0.2, 0.25) is 5.91 Å². The SMILES string of the molecule is Cc1ccc(-n2nc(NC(=O)CN3CCCCC3)cc2C)cc1Cl. The number of carbonyl (C=O) groups excluding carboxylic acids is 1. The zero-order valence-electron chi connectivity index (χ0n) is 14.2. The number of amides is 1. The van der Waals surface area contributed by atoms with Crippen molar-refractivity contribution >= 4 is 23.3 Å². The first-order valence-corrected chi connectivity index (χ1v) is 8.76. The number of anilines is 1. The summed E-state index contributed by atoms with van der Waals surface area (Å²) in [6.07, 6.45) is 3.62. The average molecular weight is 347 g/mol. The highest BCUT2D eigenvalue weighted by Crippen LogP contribution is 2.21. The molecule has 0 unspecified atom stereocenters. The zero-order valence-corrected chi connectivity index (χ0v) is 14.9. The summed E-state index contributed by atoms with van der Waals surface area (Å²) < 4.78 is 1.79. The van der Waals surface area contributed by atoms with Gasteiger partial charge in [-0.2, -0.15) is 0 Å². The van der Waals surface area contributed by atoms with Crippen molar-refractivity contribution in [2.45, 2.75) is 33.1 Å². The van der Waals surface area contributed by atoms with Crippen LogP contribution in [0, 0.1) is 13.8 Å². The predicted octanol–water partition coefficient (Wildman–Crippen LogP) is 3.57. The summed E-state index contributed by atoms with van der Waals surface area (Å²) >= 11 is 6.20. The Kier molecular flexibility index (Phi) is 5.21. The number of carbonyl (C=O) groups is 1. The van der Waals surface area contributed by atoms with Crippen LogP contribution in [0.2, 0.25) is 5.02 Å². The smallest absolute Gasteiger partial charge is 0.239 e. The summed E-state index contributed by atoms with van der Waals surface area (Å²) in [5.41, 5.74) is 2.86. The van der Waals surface area contributed by atoms with Crippen LogP contribution in [0.15, 0.2) is 24.3 Å². The van der Waals surface area contributed by atoms with E-state index in [0.717, 1.165) is 30.0 Å². The minimum absolute atomic E-state index is 0.0107. The fraction of sp³-hybridized carbons (Fsp3) is 0.444. The number of aryl methyl sites for hydroxylation is 2. The van der Waals surface area contributed by atoms with E-state index in [0.29, 0.717) is 17.4 Å². The standard InChI is InChI=1S/C18H23ClN4O/c1-13-6-7-15(11-16(13)19)23-14(2)10-17(21-23)20-18(24)12-22-8-4-3-5-9-22/h6-7,10-11H,3-5,8-9,12H2,1-2H3,(H,20,21,24). The van der Waals surface area contributed by atoms with Crippen LogP contribution in [-0.4, -0.2) is 40.2 Å². The number of aromatic nitrogens is 2. The third-order valence-corrected chi connectivity index (χ3v) is 4.78. The number of hydrogen-bond acceptors (Lipinski definition) is 3. The molecule has 2 heterocycles. The van der Waals surface area contributed by atoms with Crippen LogP contribution >= 0.6 is 11.6 Å². The molecule has 6 heteroatoms. The summed E-state index contributed by atoms with van der Waals surface area (Å²) in [6, 6.07) is 7.70. The summed E-state index contributed by atoms with van der Waals surface area (Å²) in [5.74, 6) is 0.565. The maximum absolute atomic E-state index is 12.2. The number of nitrogens with one attached hydrogen (secondary N) is 1. The van der Waals surface area contributed by atoms with Crippen molar-refractivity contribution in [2.24, 2.45) is 0 Å². The molecule has 1 aromatic heterocycles. The molecule has 0 spiro atoms. The van der Waals surface area contributed by atoms with Gasteiger partial charge >= 0.3 is 0 Å². The molecule has 1 fully saturated rings. The molecular formula is C18H23ClN4O. The van der Waals surface area contributed by atoms with Gasteiger partial charge in [0.25, 0.3) is 0 Å². The number of nitrogens with zero attached hydrogens (tertiary/aromatic N) is 3. The number of halogens is 1. The Bertz CT molecular complexity index is 735. The molecule has 24 heavy (non-hydrogen) atoms. The van der Waals surface area contributed by atoms with E-state index in [1.807, 2.05) is 38.1 Å². The second kappa shape index (κ2) is 7.36. The Morgan fingerprint density at radius 1 is 1.21 bits per heavy atom. The number of likely N-dealkylation sites (tertiary alicyclic amines) is 1. The molecule has 0 aliphatic carbocycles. The van der Waals surface area contributed by atoms with E-state index in [1.165, 1.54) is 19.3 Å². The first-order valence-electron chi connectivity index (χ1n) is 8.38. The van der Waals surface area contributed by atoms with Gasteiger partial charge in [-0.25, -0.2) is 4.68 Å². The van der Waals surface area contributed by atoms with E-state index in [9.17, 15) is 4.79 Å². The molecule has 1 aromatic carbocycles. The van der Waals surface area contributed by atoms with Crippen molar-refractivity contribution in [1.82, 2.24) is 14.7 Å². The monoisotopic (exact) mass is 346 g/mol. The third-order valence-electron chi connectivity index (χ3n) is 4.37. The minimum atomic E-state index is -0.0107. The number of hydrogen-bond donors (Lipinski definition) is 1. The number of benzene rings is 1. The minimum Gasteiger partial charge on any atom is -0.308 e. The van der Waals surface area contributed by atoms with Gasteiger partial charge in [-0.05, 0) is 57.5 Å². The quantitative estimate of drug-likeness (QED) is 0.920. The second-order valence-corrected chi connectivity index (χ2v) is 6.81. The zero-order chi connectivity index (χ0) is 17.1.